The zero-order chi connectivity index (χ0) is 12.8. The van der Waals surface area contributed by atoms with Crippen molar-refractivity contribution < 1.29 is 0 Å². The third-order valence-electron chi connectivity index (χ3n) is 3.63. The Morgan fingerprint density at radius 2 is 1.79 bits per heavy atom. The van der Waals surface area contributed by atoms with Crippen LogP contribution < -0.4 is 0 Å². The number of rotatable bonds is 1. The van der Waals surface area contributed by atoms with Crippen LogP contribution in [-0.4, -0.2) is 9.55 Å². The molecular formula is C16H11ClN2. The summed E-state index contributed by atoms with van der Waals surface area (Å²) in [5.74, 6) is 1.04. The summed E-state index contributed by atoms with van der Waals surface area (Å²) in [4.78, 5) is 4.47. The molecule has 2 aromatic carbocycles. The van der Waals surface area contributed by atoms with Gasteiger partial charge in [-0.05, 0) is 23.3 Å². The average molecular weight is 267 g/mol. The van der Waals surface area contributed by atoms with Crippen LogP contribution in [0.4, 0.5) is 0 Å². The summed E-state index contributed by atoms with van der Waals surface area (Å²) in [5, 5.41) is 0.765. The third kappa shape index (κ3) is 1.53. The molecule has 1 aromatic heterocycles. The largest absolute Gasteiger partial charge is 0.319 e. The normalized spacial score (nSPS) is 16.2. The van der Waals surface area contributed by atoms with Gasteiger partial charge in [0.2, 0.25) is 0 Å². The quantitative estimate of drug-likeness (QED) is 0.506. The maximum atomic E-state index is 5.98. The minimum atomic E-state index is 0.200. The first-order valence-electron chi connectivity index (χ1n) is 6.22. The monoisotopic (exact) mass is 266 g/mol. The van der Waals surface area contributed by atoms with Gasteiger partial charge in [0, 0.05) is 23.0 Å². The Hall–Kier alpha value is -2.06. The highest BCUT2D eigenvalue weighted by Gasteiger charge is 2.29. The van der Waals surface area contributed by atoms with E-state index in [-0.39, 0.29) is 6.04 Å². The lowest BCUT2D eigenvalue weighted by Crippen LogP contribution is -2.06. The van der Waals surface area contributed by atoms with Crippen LogP contribution in [0.3, 0.4) is 0 Å². The molecule has 3 heteroatoms. The van der Waals surface area contributed by atoms with E-state index in [9.17, 15) is 0 Å². The lowest BCUT2D eigenvalue weighted by atomic mass is 9.98. The van der Waals surface area contributed by atoms with Crippen LogP contribution in [0.5, 0.6) is 0 Å². The second-order valence-electron chi connectivity index (χ2n) is 4.70. The van der Waals surface area contributed by atoms with Crippen molar-refractivity contribution >= 4 is 11.6 Å². The van der Waals surface area contributed by atoms with E-state index in [0.29, 0.717) is 0 Å². The van der Waals surface area contributed by atoms with Crippen LogP contribution >= 0.6 is 11.6 Å². The van der Waals surface area contributed by atoms with Crippen molar-refractivity contribution in [3.63, 3.8) is 0 Å². The molecule has 2 nitrogen and oxygen atoms in total. The van der Waals surface area contributed by atoms with E-state index in [1.807, 2.05) is 24.5 Å². The summed E-state index contributed by atoms with van der Waals surface area (Å²) >= 11 is 5.98. The molecule has 0 saturated heterocycles. The fourth-order valence-corrected chi connectivity index (χ4v) is 2.93. The molecule has 2 heterocycles. The van der Waals surface area contributed by atoms with E-state index in [1.54, 1.807) is 0 Å². The molecule has 92 valence electrons. The third-order valence-corrected chi connectivity index (χ3v) is 3.88. The van der Waals surface area contributed by atoms with Crippen molar-refractivity contribution in [3.8, 4) is 11.4 Å². The standard InChI is InChI=1S/C16H11ClN2/c17-12-7-5-11(6-8-12)15-13-3-1-2-4-14(13)16-18-9-10-19(15)16/h1-10,15H/t15-/m0/s1. The molecule has 0 spiro atoms. The number of fused-ring (bicyclic) bond motifs is 3. The summed E-state index contributed by atoms with van der Waals surface area (Å²) in [6.07, 6.45) is 3.89. The number of hydrogen-bond acceptors (Lipinski definition) is 1. The van der Waals surface area contributed by atoms with Gasteiger partial charge in [0.05, 0.1) is 6.04 Å². The molecule has 0 N–H and O–H groups in total. The first-order valence-corrected chi connectivity index (χ1v) is 6.60. The SMILES string of the molecule is Clc1ccc([C@H]2c3ccccc3-c3nccn32)cc1. The number of aromatic nitrogens is 2. The molecule has 0 unspecified atom stereocenters. The molecular weight excluding hydrogens is 256 g/mol. The van der Waals surface area contributed by atoms with Gasteiger partial charge in [-0.2, -0.15) is 0 Å². The van der Waals surface area contributed by atoms with Gasteiger partial charge in [-0.3, -0.25) is 0 Å². The van der Waals surface area contributed by atoms with Crippen LogP contribution in [-0.2, 0) is 0 Å². The Kier molecular flexibility index (Phi) is 2.26. The van der Waals surface area contributed by atoms with E-state index >= 15 is 0 Å². The van der Waals surface area contributed by atoms with E-state index in [1.165, 1.54) is 16.7 Å². The zero-order valence-electron chi connectivity index (χ0n) is 10.1. The fraction of sp³-hybridized carbons (Fsp3) is 0.0625. The molecule has 1 atom stereocenters. The van der Waals surface area contributed by atoms with Gasteiger partial charge in [-0.15, -0.1) is 0 Å². The molecule has 1 aliphatic rings. The summed E-state index contributed by atoms with van der Waals surface area (Å²) < 4.78 is 2.22. The van der Waals surface area contributed by atoms with E-state index in [4.69, 9.17) is 11.6 Å². The first-order chi connectivity index (χ1) is 9.34. The molecule has 0 fully saturated rings. The second kappa shape index (κ2) is 3.97. The number of hydrogen-bond donors (Lipinski definition) is 0. The van der Waals surface area contributed by atoms with Crippen molar-refractivity contribution in [1.29, 1.82) is 0 Å². The van der Waals surface area contributed by atoms with Gasteiger partial charge in [0.15, 0.2) is 0 Å². The lowest BCUT2D eigenvalue weighted by molar-refractivity contribution is 0.716. The number of benzene rings is 2. The van der Waals surface area contributed by atoms with Crippen LogP contribution in [0.15, 0.2) is 60.9 Å². The highest BCUT2D eigenvalue weighted by Crippen LogP contribution is 2.41. The number of halogens is 1. The maximum absolute atomic E-state index is 5.98. The van der Waals surface area contributed by atoms with Crippen LogP contribution in [0.25, 0.3) is 11.4 Å². The summed E-state index contributed by atoms with van der Waals surface area (Å²) in [6, 6.07) is 16.7. The van der Waals surface area contributed by atoms with Gasteiger partial charge in [-0.1, -0.05) is 48.0 Å². The molecule has 1 aliphatic heterocycles. The fourth-order valence-electron chi connectivity index (χ4n) is 2.80. The zero-order valence-corrected chi connectivity index (χ0v) is 10.9. The van der Waals surface area contributed by atoms with Crippen LogP contribution in [0, 0.1) is 0 Å². The molecule has 0 bridgehead atoms. The van der Waals surface area contributed by atoms with Crippen LogP contribution in [0.1, 0.15) is 17.2 Å². The minimum Gasteiger partial charge on any atom is -0.319 e. The Labute approximate surface area is 116 Å². The first kappa shape index (κ1) is 10.8. The highest BCUT2D eigenvalue weighted by atomic mass is 35.5. The highest BCUT2D eigenvalue weighted by molar-refractivity contribution is 6.30. The molecule has 19 heavy (non-hydrogen) atoms. The number of imidazole rings is 1. The van der Waals surface area contributed by atoms with Crippen molar-refractivity contribution in [2.24, 2.45) is 0 Å². The Morgan fingerprint density at radius 1 is 1.00 bits per heavy atom. The minimum absolute atomic E-state index is 0.200. The lowest BCUT2D eigenvalue weighted by Gasteiger charge is -2.15. The smallest absolute Gasteiger partial charge is 0.141 e. The molecule has 0 amide bonds. The van der Waals surface area contributed by atoms with Gasteiger partial charge in [0.25, 0.3) is 0 Å². The Balaban J connectivity index is 1.96. The Bertz CT molecular complexity index is 743. The van der Waals surface area contributed by atoms with Crippen molar-refractivity contribution in [2.75, 3.05) is 0 Å². The predicted molar refractivity (Wildman–Crippen MR) is 76.4 cm³/mol. The molecule has 0 aliphatic carbocycles. The van der Waals surface area contributed by atoms with Gasteiger partial charge >= 0.3 is 0 Å². The molecule has 0 saturated carbocycles. The number of nitrogens with zero attached hydrogens (tertiary/aromatic N) is 2. The van der Waals surface area contributed by atoms with Crippen molar-refractivity contribution in [1.82, 2.24) is 9.55 Å². The predicted octanol–water partition coefficient (Wildman–Crippen LogP) is 4.15. The van der Waals surface area contributed by atoms with Gasteiger partial charge < -0.3 is 4.57 Å². The molecule has 3 aromatic rings. The topological polar surface area (TPSA) is 17.8 Å². The van der Waals surface area contributed by atoms with Gasteiger partial charge in [0.1, 0.15) is 5.82 Å². The maximum Gasteiger partial charge on any atom is 0.141 e. The average Bonchev–Trinajstić information content (AvgIpc) is 3.00. The van der Waals surface area contributed by atoms with E-state index in [0.717, 1.165) is 10.8 Å². The van der Waals surface area contributed by atoms with Gasteiger partial charge in [-0.25, -0.2) is 4.98 Å². The van der Waals surface area contributed by atoms with Crippen LogP contribution in [0.2, 0.25) is 5.02 Å². The van der Waals surface area contributed by atoms with Crippen molar-refractivity contribution in [3.05, 3.63) is 77.1 Å². The molecule has 4 rings (SSSR count). The summed E-state index contributed by atoms with van der Waals surface area (Å²) in [6.45, 7) is 0. The molecule has 0 radical (unpaired) electrons. The van der Waals surface area contributed by atoms with Crippen molar-refractivity contribution in [2.45, 2.75) is 6.04 Å². The summed E-state index contributed by atoms with van der Waals surface area (Å²) in [7, 11) is 0. The van der Waals surface area contributed by atoms with E-state index in [2.05, 4.69) is 45.9 Å². The Morgan fingerprint density at radius 3 is 2.63 bits per heavy atom. The summed E-state index contributed by atoms with van der Waals surface area (Å²) in [5.41, 5.74) is 3.74. The second-order valence-corrected chi connectivity index (χ2v) is 5.14. The van der Waals surface area contributed by atoms with E-state index < -0.39 is 0 Å².